The Hall–Kier alpha value is -4.21. The number of fused-ring (bicyclic) bond motifs is 1. The largest absolute Gasteiger partial charge is 0.462 e. The first-order chi connectivity index (χ1) is 17.3. The molecule has 2 aromatic carbocycles. The minimum Gasteiger partial charge on any atom is -0.462 e. The second kappa shape index (κ2) is 10.6. The van der Waals surface area contributed by atoms with Crippen LogP contribution in [0.4, 0.5) is 10.5 Å². The third-order valence-corrected chi connectivity index (χ3v) is 6.19. The van der Waals surface area contributed by atoms with Gasteiger partial charge in [0, 0.05) is 30.4 Å². The van der Waals surface area contributed by atoms with Crippen molar-refractivity contribution in [3.05, 3.63) is 64.7 Å². The van der Waals surface area contributed by atoms with E-state index in [9.17, 15) is 24.0 Å². The summed E-state index contributed by atoms with van der Waals surface area (Å²) in [5, 5.41) is 2.72. The molecule has 0 radical (unpaired) electrons. The predicted molar refractivity (Wildman–Crippen MR) is 129 cm³/mol. The van der Waals surface area contributed by atoms with Gasteiger partial charge in [0.25, 0.3) is 17.7 Å². The number of nitrogens with zero attached hydrogens (tertiary/aromatic N) is 2. The summed E-state index contributed by atoms with van der Waals surface area (Å²) < 4.78 is 9.97. The minimum atomic E-state index is -0.455. The highest BCUT2D eigenvalue weighted by Crippen LogP contribution is 2.30. The highest BCUT2D eigenvalue weighted by Gasteiger charge is 2.41. The summed E-state index contributed by atoms with van der Waals surface area (Å²) in [6.45, 7) is 4.78. The average molecular weight is 494 g/mol. The van der Waals surface area contributed by atoms with Crippen molar-refractivity contribution >= 4 is 35.5 Å². The molecule has 10 heteroatoms. The SMILES string of the molecule is CCOC(=O)c1ccc(NC(=O)c2ccc3c(c2)C(=O)N(C2CCN(C(=O)OCC)CC2)C3=O)cc1. The number of benzene rings is 2. The Morgan fingerprint density at radius 2 is 1.47 bits per heavy atom. The van der Waals surface area contributed by atoms with Gasteiger partial charge in [-0.05, 0) is 69.2 Å². The molecule has 2 aliphatic heterocycles. The van der Waals surface area contributed by atoms with Gasteiger partial charge < -0.3 is 19.7 Å². The van der Waals surface area contributed by atoms with Gasteiger partial charge in [0.05, 0.1) is 29.9 Å². The molecule has 1 saturated heterocycles. The first kappa shape index (κ1) is 24.9. The van der Waals surface area contributed by atoms with Gasteiger partial charge >= 0.3 is 12.1 Å². The van der Waals surface area contributed by atoms with Crippen LogP contribution in [0.3, 0.4) is 0 Å². The van der Waals surface area contributed by atoms with E-state index in [0.717, 1.165) is 0 Å². The molecule has 0 unspecified atom stereocenters. The number of hydrogen-bond acceptors (Lipinski definition) is 7. The van der Waals surface area contributed by atoms with Crippen molar-refractivity contribution in [1.29, 1.82) is 0 Å². The van der Waals surface area contributed by atoms with Crippen LogP contribution in [-0.4, -0.2) is 71.9 Å². The third kappa shape index (κ3) is 4.93. The molecule has 2 aliphatic rings. The number of rotatable bonds is 6. The van der Waals surface area contributed by atoms with E-state index in [1.807, 2.05) is 0 Å². The molecular weight excluding hydrogens is 466 g/mol. The van der Waals surface area contributed by atoms with E-state index in [-0.39, 0.29) is 35.9 Å². The number of ether oxygens (including phenoxy) is 2. The number of carbonyl (C=O) groups excluding carboxylic acids is 5. The quantitative estimate of drug-likeness (QED) is 0.484. The zero-order chi connectivity index (χ0) is 25.8. The number of nitrogens with one attached hydrogen (secondary N) is 1. The normalized spacial score (nSPS) is 15.5. The van der Waals surface area contributed by atoms with E-state index in [4.69, 9.17) is 9.47 Å². The van der Waals surface area contributed by atoms with Crippen LogP contribution in [0, 0.1) is 0 Å². The number of hydrogen-bond donors (Lipinski definition) is 1. The van der Waals surface area contributed by atoms with Crippen molar-refractivity contribution in [2.75, 3.05) is 31.6 Å². The Morgan fingerprint density at radius 3 is 2.11 bits per heavy atom. The summed E-state index contributed by atoms with van der Waals surface area (Å²) in [7, 11) is 0. The van der Waals surface area contributed by atoms with E-state index in [2.05, 4.69) is 5.32 Å². The van der Waals surface area contributed by atoms with Crippen LogP contribution in [0.1, 0.15) is 68.1 Å². The molecular formula is C26H27N3O7. The van der Waals surface area contributed by atoms with Crippen molar-refractivity contribution in [3.8, 4) is 0 Å². The molecule has 0 atom stereocenters. The molecule has 1 N–H and O–H groups in total. The molecule has 0 aliphatic carbocycles. The van der Waals surface area contributed by atoms with Crippen LogP contribution in [0.15, 0.2) is 42.5 Å². The monoisotopic (exact) mass is 493 g/mol. The minimum absolute atomic E-state index is 0.179. The van der Waals surface area contributed by atoms with Gasteiger partial charge in [-0.15, -0.1) is 0 Å². The highest BCUT2D eigenvalue weighted by atomic mass is 16.6. The predicted octanol–water partition coefficient (Wildman–Crippen LogP) is 3.33. The number of anilines is 1. The van der Waals surface area contributed by atoms with Gasteiger partial charge in [-0.3, -0.25) is 19.3 Å². The summed E-state index contributed by atoms with van der Waals surface area (Å²) in [5.74, 6) is -1.75. The van der Waals surface area contributed by atoms with Crippen LogP contribution in [0.25, 0.3) is 0 Å². The fraction of sp³-hybridized carbons (Fsp3) is 0.346. The van der Waals surface area contributed by atoms with Gasteiger partial charge in [-0.1, -0.05) is 0 Å². The van der Waals surface area contributed by atoms with Crippen molar-refractivity contribution in [1.82, 2.24) is 9.80 Å². The van der Waals surface area contributed by atoms with E-state index in [1.54, 1.807) is 43.0 Å². The topological polar surface area (TPSA) is 122 Å². The van der Waals surface area contributed by atoms with Crippen molar-refractivity contribution in [3.63, 3.8) is 0 Å². The molecule has 36 heavy (non-hydrogen) atoms. The standard InChI is InChI=1S/C26H27N3O7/c1-3-35-25(33)16-5-8-18(9-6-16)27-22(30)17-7-10-20-21(15-17)24(32)29(23(20)31)19-11-13-28(14-12-19)26(34)36-4-2/h5-10,15,19H,3-4,11-14H2,1-2H3,(H,27,30). The zero-order valence-electron chi connectivity index (χ0n) is 20.1. The summed E-state index contributed by atoms with van der Waals surface area (Å²) in [4.78, 5) is 65.5. The Morgan fingerprint density at radius 1 is 0.861 bits per heavy atom. The summed E-state index contributed by atoms with van der Waals surface area (Å²) in [6, 6.07) is 10.3. The maximum Gasteiger partial charge on any atom is 0.409 e. The maximum absolute atomic E-state index is 13.1. The third-order valence-electron chi connectivity index (χ3n) is 6.19. The summed E-state index contributed by atoms with van der Waals surface area (Å²) >= 11 is 0. The Kier molecular flexibility index (Phi) is 7.33. The Balaban J connectivity index is 1.43. The van der Waals surface area contributed by atoms with Gasteiger partial charge in [-0.25, -0.2) is 9.59 Å². The molecule has 188 valence electrons. The van der Waals surface area contributed by atoms with E-state index in [1.165, 1.54) is 23.1 Å². The van der Waals surface area contributed by atoms with Crippen molar-refractivity contribution < 1.29 is 33.4 Å². The molecule has 0 bridgehead atoms. The number of esters is 1. The van der Waals surface area contributed by atoms with E-state index >= 15 is 0 Å². The number of likely N-dealkylation sites (tertiary alicyclic amines) is 1. The Labute approximate surface area is 208 Å². The van der Waals surface area contributed by atoms with E-state index in [0.29, 0.717) is 37.2 Å². The average Bonchev–Trinajstić information content (AvgIpc) is 3.14. The van der Waals surface area contributed by atoms with Gasteiger partial charge in [0.1, 0.15) is 0 Å². The molecule has 0 aromatic heterocycles. The molecule has 0 spiro atoms. The lowest BCUT2D eigenvalue weighted by Gasteiger charge is -2.35. The first-order valence-corrected chi connectivity index (χ1v) is 11.9. The maximum atomic E-state index is 13.1. The number of piperidine rings is 1. The van der Waals surface area contributed by atoms with Crippen molar-refractivity contribution in [2.24, 2.45) is 0 Å². The molecule has 1 fully saturated rings. The molecule has 0 saturated carbocycles. The Bertz CT molecular complexity index is 1200. The fourth-order valence-corrected chi connectivity index (χ4v) is 4.36. The van der Waals surface area contributed by atoms with Crippen molar-refractivity contribution in [2.45, 2.75) is 32.7 Å². The van der Waals surface area contributed by atoms with Crippen LogP contribution >= 0.6 is 0 Å². The van der Waals surface area contributed by atoms with E-state index < -0.39 is 29.8 Å². The second-order valence-electron chi connectivity index (χ2n) is 8.41. The number of amides is 4. The summed E-state index contributed by atoms with van der Waals surface area (Å²) in [6.07, 6.45) is 0.517. The molecule has 10 nitrogen and oxygen atoms in total. The number of imide groups is 1. The molecule has 2 heterocycles. The van der Waals surface area contributed by atoms with Gasteiger partial charge in [0.15, 0.2) is 0 Å². The van der Waals surface area contributed by atoms with Crippen LogP contribution in [0.2, 0.25) is 0 Å². The lowest BCUT2D eigenvalue weighted by molar-refractivity contribution is 0.0480. The first-order valence-electron chi connectivity index (χ1n) is 11.9. The highest BCUT2D eigenvalue weighted by molar-refractivity contribution is 6.22. The summed E-state index contributed by atoms with van der Waals surface area (Å²) in [5.41, 5.74) is 1.49. The van der Waals surface area contributed by atoms with Gasteiger partial charge in [-0.2, -0.15) is 0 Å². The zero-order valence-corrected chi connectivity index (χ0v) is 20.1. The second-order valence-corrected chi connectivity index (χ2v) is 8.41. The van der Waals surface area contributed by atoms with Crippen LogP contribution in [-0.2, 0) is 9.47 Å². The lowest BCUT2D eigenvalue weighted by Crippen LogP contribution is -2.48. The smallest absolute Gasteiger partial charge is 0.409 e. The number of carbonyl (C=O) groups is 5. The molecule has 4 rings (SSSR count). The van der Waals surface area contributed by atoms with Crippen LogP contribution in [0.5, 0.6) is 0 Å². The van der Waals surface area contributed by atoms with Gasteiger partial charge in [0.2, 0.25) is 0 Å². The van der Waals surface area contributed by atoms with Crippen LogP contribution < -0.4 is 5.32 Å². The molecule has 4 amide bonds. The fourth-order valence-electron chi connectivity index (χ4n) is 4.36. The lowest BCUT2D eigenvalue weighted by atomic mass is 10.0. The molecule has 2 aromatic rings.